The zero-order chi connectivity index (χ0) is 37.6. The highest BCUT2D eigenvalue weighted by Crippen LogP contribution is 2.38. The van der Waals surface area contributed by atoms with Crippen molar-refractivity contribution in [3.63, 3.8) is 0 Å². The molecular formula is C32H37ClF6N10O2. The van der Waals surface area contributed by atoms with Crippen LogP contribution in [0.3, 0.4) is 0 Å². The average molecular weight is 743 g/mol. The summed E-state index contributed by atoms with van der Waals surface area (Å²) in [6, 6.07) is 12.8. The molecule has 11 N–H and O–H groups in total. The molecule has 2 aliphatic heterocycles. The number of piperidine rings is 2. The number of aliphatic hydroxyl groups is 2. The van der Waals surface area contributed by atoms with Gasteiger partial charge < -0.3 is 43.4 Å². The molecule has 2 fully saturated rings. The number of hydrogen-bond acceptors (Lipinski definition) is 12. The normalized spacial score (nSPS) is 17.0. The summed E-state index contributed by atoms with van der Waals surface area (Å²) < 4.78 is 76.4. The van der Waals surface area contributed by atoms with E-state index in [1.807, 2.05) is 4.90 Å². The van der Waals surface area contributed by atoms with E-state index in [1.54, 1.807) is 12.1 Å². The summed E-state index contributed by atoms with van der Waals surface area (Å²) in [5.41, 5.74) is 18.4. The van der Waals surface area contributed by atoms with Crippen molar-refractivity contribution in [1.82, 2.24) is 25.3 Å². The first-order chi connectivity index (χ1) is 23.8. The molecule has 0 bridgehead atoms. The van der Waals surface area contributed by atoms with E-state index in [0.29, 0.717) is 50.4 Å². The van der Waals surface area contributed by atoms with Crippen molar-refractivity contribution in [1.29, 1.82) is 0 Å². The van der Waals surface area contributed by atoms with Crippen molar-refractivity contribution >= 4 is 41.0 Å². The van der Waals surface area contributed by atoms with Crippen LogP contribution in [-0.2, 0) is 23.6 Å². The molecule has 19 heteroatoms. The minimum Gasteiger partial charge on any atom is -0.385 e. The Bertz CT molecular complexity index is 1710. The van der Waals surface area contributed by atoms with Gasteiger partial charge in [-0.1, -0.05) is 35.9 Å². The molecule has 0 radical (unpaired) electrons. The molecule has 0 atom stereocenters. The van der Waals surface area contributed by atoms with E-state index in [-0.39, 0.29) is 47.1 Å². The number of hydrogen-bond donors (Lipinski definition) is 7. The van der Waals surface area contributed by atoms with Crippen molar-refractivity contribution in [2.75, 3.05) is 54.0 Å². The molecule has 4 heterocycles. The monoisotopic (exact) mass is 742 g/mol. The number of aromatic nitrogens is 4. The first kappa shape index (κ1) is 39.1. The molecule has 0 unspecified atom stereocenters. The van der Waals surface area contributed by atoms with Gasteiger partial charge in [-0.3, -0.25) is 0 Å². The van der Waals surface area contributed by atoms with Gasteiger partial charge in [-0.15, -0.1) is 0 Å². The molecule has 4 aromatic rings. The highest BCUT2D eigenvalue weighted by atomic mass is 35.5. The van der Waals surface area contributed by atoms with Crippen molar-refractivity contribution in [2.45, 2.75) is 49.2 Å². The minimum absolute atomic E-state index is 0.0497. The van der Waals surface area contributed by atoms with Crippen LogP contribution in [0.4, 0.5) is 55.7 Å². The van der Waals surface area contributed by atoms with Crippen LogP contribution in [0.1, 0.15) is 47.9 Å². The molecule has 0 saturated carbocycles. The first-order valence-corrected chi connectivity index (χ1v) is 15.9. The van der Waals surface area contributed by atoms with Crippen LogP contribution < -0.4 is 33.2 Å². The van der Waals surface area contributed by atoms with Gasteiger partial charge in [-0.25, -0.2) is 4.98 Å². The predicted molar refractivity (Wildman–Crippen MR) is 181 cm³/mol. The lowest BCUT2D eigenvalue weighted by molar-refractivity contribution is -0.138. The van der Waals surface area contributed by atoms with Gasteiger partial charge in [0.05, 0.1) is 22.3 Å². The second-order valence-electron chi connectivity index (χ2n) is 11.9. The molecule has 0 amide bonds. The van der Waals surface area contributed by atoms with Crippen LogP contribution in [0, 0.1) is 0 Å². The number of benzene rings is 2. The lowest BCUT2D eigenvalue weighted by Gasteiger charge is -2.39. The van der Waals surface area contributed by atoms with Crippen LogP contribution in [0.25, 0.3) is 0 Å². The number of alkyl halides is 6. The number of nitrogens with one attached hydrogen (secondary N) is 1. The quantitative estimate of drug-likeness (QED) is 0.112. The van der Waals surface area contributed by atoms with E-state index in [1.165, 1.54) is 24.3 Å². The van der Waals surface area contributed by atoms with Gasteiger partial charge in [0.1, 0.15) is 22.6 Å². The molecule has 2 aliphatic rings. The Labute approximate surface area is 293 Å². The summed E-state index contributed by atoms with van der Waals surface area (Å²) in [6.07, 6.45) is -7.40. The molecule has 51 heavy (non-hydrogen) atoms. The average Bonchev–Trinajstić information content (AvgIpc) is 3.04. The SMILES string of the molecule is Nc1cc(Cl)nc(N)n1.Nc1cc(N2CCC(O)(c3cccc(C(F)(F)F)c3)CC2)nc(N)n1.OC1(c2cccc(C(F)(F)F)c2)CCNCC1. The van der Waals surface area contributed by atoms with Gasteiger partial charge in [-0.05, 0) is 74.2 Å². The predicted octanol–water partition coefficient (Wildman–Crippen LogP) is 4.72. The molecule has 2 aromatic heterocycles. The molecular weight excluding hydrogens is 706 g/mol. The number of rotatable bonds is 3. The first-order valence-electron chi connectivity index (χ1n) is 15.5. The molecule has 0 aliphatic carbocycles. The van der Waals surface area contributed by atoms with E-state index in [2.05, 4.69) is 25.3 Å². The van der Waals surface area contributed by atoms with Gasteiger partial charge in [0.25, 0.3) is 0 Å². The number of nitrogens with zero attached hydrogens (tertiary/aromatic N) is 5. The fourth-order valence-electron chi connectivity index (χ4n) is 5.58. The standard InChI is InChI=1S/C16H18F3N5O.C12H14F3NO.C4H5ClN4/c17-16(18,19)11-3-1-2-10(8-11)15(25)4-6-24(7-5-15)13-9-12(20)22-14(21)23-13;13-12(14,15)10-3-1-2-9(8-10)11(17)4-6-16-7-5-11;5-2-1-3(6)9-4(7)8-2/h1-3,8-9,25H,4-7H2,(H4,20,21,22,23);1-3,8,16-17H,4-7H2;1H,(H4,6,7,8,9). The summed E-state index contributed by atoms with van der Waals surface area (Å²) in [4.78, 5) is 17.0. The Kier molecular flexibility index (Phi) is 12.1. The second kappa shape index (κ2) is 15.7. The maximum absolute atomic E-state index is 12.9. The Morgan fingerprint density at radius 2 is 1.10 bits per heavy atom. The lowest BCUT2D eigenvalue weighted by atomic mass is 9.83. The number of nitrogens with two attached hydrogens (primary N) is 4. The van der Waals surface area contributed by atoms with Gasteiger partial charge in [0.15, 0.2) is 0 Å². The fourth-order valence-corrected chi connectivity index (χ4v) is 5.78. The maximum atomic E-state index is 12.9. The Balaban J connectivity index is 0.000000192. The molecule has 2 saturated heterocycles. The zero-order valence-electron chi connectivity index (χ0n) is 27.0. The van der Waals surface area contributed by atoms with Gasteiger partial charge >= 0.3 is 12.4 Å². The van der Waals surface area contributed by atoms with Gasteiger partial charge in [0.2, 0.25) is 11.9 Å². The largest absolute Gasteiger partial charge is 0.416 e. The highest BCUT2D eigenvalue weighted by molar-refractivity contribution is 6.29. The second-order valence-corrected chi connectivity index (χ2v) is 12.3. The van der Waals surface area contributed by atoms with Crippen molar-refractivity contribution in [2.24, 2.45) is 0 Å². The van der Waals surface area contributed by atoms with Crippen LogP contribution in [0.5, 0.6) is 0 Å². The van der Waals surface area contributed by atoms with Crippen LogP contribution in [-0.4, -0.2) is 56.3 Å². The molecule has 6 rings (SSSR count). The van der Waals surface area contributed by atoms with Crippen molar-refractivity contribution in [3.05, 3.63) is 88.1 Å². The van der Waals surface area contributed by atoms with Crippen molar-refractivity contribution in [3.8, 4) is 0 Å². The lowest BCUT2D eigenvalue weighted by Crippen LogP contribution is -2.43. The number of nitrogen functional groups attached to an aromatic ring is 4. The zero-order valence-corrected chi connectivity index (χ0v) is 27.8. The van der Waals surface area contributed by atoms with Crippen LogP contribution >= 0.6 is 11.6 Å². The fraction of sp³-hybridized carbons (Fsp3) is 0.375. The van der Waals surface area contributed by atoms with Crippen molar-refractivity contribution < 1.29 is 36.6 Å². The topological polar surface area (TPSA) is 211 Å². The van der Waals surface area contributed by atoms with E-state index >= 15 is 0 Å². The highest BCUT2D eigenvalue weighted by Gasteiger charge is 2.38. The van der Waals surface area contributed by atoms with Crippen LogP contribution in [0.15, 0.2) is 60.7 Å². The maximum Gasteiger partial charge on any atom is 0.416 e. The molecule has 12 nitrogen and oxygen atoms in total. The molecule has 0 spiro atoms. The van der Waals surface area contributed by atoms with E-state index in [0.717, 1.165) is 24.3 Å². The minimum atomic E-state index is -4.44. The third-order valence-corrected chi connectivity index (χ3v) is 8.48. The molecule has 276 valence electrons. The summed E-state index contributed by atoms with van der Waals surface area (Å²) in [5.74, 6) is 1.21. The number of halogens is 7. The van der Waals surface area contributed by atoms with E-state index in [4.69, 9.17) is 34.5 Å². The summed E-state index contributed by atoms with van der Waals surface area (Å²) in [7, 11) is 0. The Hall–Kier alpha value is -4.65. The number of anilines is 5. The Morgan fingerprint density at radius 1 is 0.647 bits per heavy atom. The smallest absolute Gasteiger partial charge is 0.385 e. The Morgan fingerprint density at radius 3 is 1.53 bits per heavy atom. The summed E-state index contributed by atoms with van der Waals surface area (Å²) in [6.45, 7) is 2.05. The van der Waals surface area contributed by atoms with E-state index in [9.17, 15) is 36.6 Å². The van der Waals surface area contributed by atoms with Gasteiger partial charge in [0, 0.05) is 25.2 Å². The summed E-state index contributed by atoms with van der Waals surface area (Å²) >= 11 is 5.44. The summed E-state index contributed by atoms with van der Waals surface area (Å²) in [5, 5.41) is 24.5. The van der Waals surface area contributed by atoms with E-state index < -0.39 is 34.7 Å². The van der Waals surface area contributed by atoms with Gasteiger partial charge in [-0.2, -0.15) is 41.3 Å². The third-order valence-electron chi connectivity index (χ3n) is 8.28. The third kappa shape index (κ3) is 10.7. The molecule has 2 aromatic carbocycles. The van der Waals surface area contributed by atoms with Crippen LogP contribution in [0.2, 0.25) is 5.15 Å².